The Kier molecular flexibility index (Phi) is 3.30. The molecule has 6 heteroatoms. The summed E-state index contributed by atoms with van der Waals surface area (Å²) in [6.07, 6.45) is 1.42. The average Bonchev–Trinajstić information content (AvgIpc) is 2.77. The number of ether oxygens (including phenoxy) is 1. The van der Waals surface area contributed by atoms with Gasteiger partial charge in [-0.1, -0.05) is 23.7 Å². The van der Waals surface area contributed by atoms with Crippen LogP contribution in [0.5, 0.6) is 5.75 Å². The lowest BCUT2D eigenvalue weighted by atomic mass is 10.3. The fourth-order valence-electron chi connectivity index (χ4n) is 1.26. The van der Waals surface area contributed by atoms with Crippen LogP contribution in [0, 0.1) is 0 Å². The lowest BCUT2D eigenvalue weighted by Gasteiger charge is -2.05. The first-order chi connectivity index (χ1) is 8.16. The predicted molar refractivity (Wildman–Crippen MR) is 61.3 cm³/mol. The van der Waals surface area contributed by atoms with Crippen molar-refractivity contribution in [2.24, 2.45) is 0 Å². The number of benzene rings is 1. The summed E-state index contributed by atoms with van der Waals surface area (Å²) in [7, 11) is 0. The molecule has 1 aromatic carbocycles. The number of nitrogens with zero attached hydrogens (tertiary/aromatic N) is 1. The van der Waals surface area contributed by atoms with Gasteiger partial charge in [0.2, 0.25) is 5.82 Å². The van der Waals surface area contributed by atoms with Gasteiger partial charge in [0.25, 0.3) is 0 Å². The van der Waals surface area contributed by atoms with Gasteiger partial charge in [0.05, 0.1) is 16.9 Å². The Labute approximate surface area is 102 Å². The standard InChI is InChI=1S/C11H9ClN2O3/c12-8-3-1-2-4-9(8)17-6-7-5-13-10(14-7)11(15)16/h1-5H,6H2,(H,13,14)(H,15,16). The lowest BCUT2D eigenvalue weighted by molar-refractivity contribution is 0.0684. The largest absolute Gasteiger partial charge is 0.486 e. The van der Waals surface area contributed by atoms with Crippen LogP contribution in [0.3, 0.4) is 0 Å². The molecule has 17 heavy (non-hydrogen) atoms. The van der Waals surface area contributed by atoms with E-state index in [1.807, 2.05) is 0 Å². The molecule has 0 amide bonds. The number of para-hydroxylation sites is 1. The zero-order chi connectivity index (χ0) is 12.3. The monoisotopic (exact) mass is 252 g/mol. The highest BCUT2D eigenvalue weighted by Crippen LogP contribution is 2.23. The van der Waals surface area contributed by atoms with Crippen LogP contribution >= 0.6 is 11.6 Å². The number of hydrogen-bond acceptors (Lipinski definition) is 3. The van der Waals surface area contributed by atoms with E-state index >= 15 is 0 Å². The van der Waals surface area contributed by atoms with E-state index in [-0.39, 0.29) is 12.4 Å². The van der Waals surface area contributed by atoms with Gasteiger partial charge in [-0.3, -0.25) is 0 Å². The number of H-pyrrole nitrogens is 1. The van der Waals surface area contributed by atoms with Crippen molar-refractivity contribution in [3.63, 3.8) is 0 Å². The fourth-order valence-corrected chi connectivity index (χ4v) is 1.45. The van der Waals surface area contributed by atoms with Crippen molar-refractivity contribution in [1.82, 2.24) is 9.97 Å². The van der Waals surface area contributed by atoms with Crippen LogP contribution in [0.1, 0.15) is 16.3 Å². The maximum absolute atomic E-state index is 10.6. The summed E-state index contributed by atoms with van der Waals surface area (Å²) in [6, 6.07) is 7.05. The summed E-state index contributed by atoms with van der Waals surface area (Å²) in [5.74, 6) is -0.669. The molecule has 0 fully saturated rings. The molecule has 1 aromatic heterocycles. The molecular formula is C11H9ClN2O3. The van der Waals surface area contributed by atoms with Crippen LogP contribution in [0.25, 0.3) is 0 Å². The second kappa shape index (κ2) is 4.88. The molecule has 0 unspecified atom stereocenters. The number of aromatic carboxylic acids is 1. The van der Waals surface area contributed by atoms with Gasteiger partial charge in [0.1, 0.15) is 12.4 Å². The molecule has 0 aliphatic heterocycles. The SMILES string of the molecule is O=C(O)c1ncc(COc2ccccc2Cl)[nH]1. The van der Waals surface area contributed by atoms with Crippen molar-refractivity contribution in [2.45, 2.75) is 6.61 Å². The highest BCUT2D eigenvalue weighted by atomic mass is 35.5. The van der Waals surface area contributed by atoms with Gasteiger partial charge in [0.15, 0.2) is 0 Å². The Balaban J connectivity index is 2.02. The Bertz CT molecular complexity index is 539. The van der Waals surface area contributed by atoms with Crippen molar-refractivity contribution in [3.05, 3.63) is 47.0 Å². The van der Waals surface area contributed by atoms with E-state index in [1.54, 1.807) is 24.3 Å². The molecular weight excluding hydrogens is 244 g/mol. The molecule has 0 atom stereocenters. The molecule has 5 nitrogen and oxygen atoms in total. The number of halogens is 1. The van der Waals surface area contributed by atoms with E-state index in [4.69, 9.17) is 21.4 Å². The molecule has 2 rings (SSSR count). The predicted octanol–water partition coefficient (Wildman–Crippen LogP) is 2.34. The number of carboxylic acid groups (broad SMARTS) is 1. The van der Waals surface area contributed by atoms with E-state index in [2.05, 4.69) is 9.97 Å². The van der Waals surface area contributed by atoms with Gasteiger partial charge >= 0.3 is 5.97 Å². The average molecular weight is 253 g/mol. The molecule has 0 spiro atoms. The third kappa shape index (κ3) is 2.76. The molecule has 88 valence electrons. The molecule has 0 saturated heterocycles. The van der Waals surface area contributed by atoms with Crippen molar-refractivity contribution in [1.29, 1.82) is 0 Å². The normalized spacial score (nSPS) is 10.2. The molecule has 1 heterocycles. The molecule has 0 saturated carbocycles. The summed E-state index contributed by atoms with van der Waals surface area (Å²) < 4.78 is 5.42. The summed E-state index contributed by atoms with van der Waals surface area (Å²) >= 11 is 5.90. The number of aromatic nitrogens is 2. The third-order valence-electron chi connectivity index (χ3n) is 2.05. The summed E-state index contributed by atoms with van der Waals surface area (Å²) in [5.41, 5.74) is 0.572. The van der Waals surface area contributed by atoms with Gasteiger partial charge in [-0.15, -0.1) is 0 Å². The number of carbonyl (C=O) groups is 1. The number of rotatable bonds is 4. The zero-order valence-corrected chi connectivity index (χ0v) is 9.44. The maximum atomic E-state index is 10.6. The number of nitrogens with one attached hydrogen (secondary N) is 1. The van der Waals surface area contributed by atoms with Crippen LogP contribution in [0.4, 0.5) is 0 Å². The van der Waals surface area contributed by atoms with E-state index in [0.29, 0.717) is 16.5 Å². The topological polar surface area (TPSA) is 75.2 Å². The minimum atomic E-state index is -1.10. The minimum Gasteiger partial charge on any atom is -0.486 e. The number of aromatic amines is 1. The van der Waals surface area contributed by atoms with Crippen molar-refractivity contribution < 1.29 is 14.6 Å². The van der Waals surface area contributed by atoms with Crippen molar-refractivity contribution in [2.75, 3.05) is 0 Å². The zero-order valence-electron chi connectivity index (χ0n) is 8.68. The number of imidazole rings is 1. The van der Waals surface area contributed by atoms with Gasteiger partial charge in [0, 0.05) is 0 Å². The second-order valence-electron chi connectivity index (χ2n) is 3.28. The second-order valence-corrected chi connectivity index (χ2v) is 3.69. The van der Waals surface area contributed by atoms with Gasteiger partial charge in [-0.05, 0) is 12.1 Å². The first-order valence-electron chi connectivity index (χ1n) is 4.81. The number of carboxylic acids is 1. The van der Waals surface area contributed by atoms with E-state index < -0.39 is 5.97 Å². The Morgan fingerprint density at radius 3 is 2.88 bits per heavy atom. The first-order valence-corrected chi connectivity index (χ1v) is 5.19. The molecule has 2 N–H and O–H groups in total. The Hall–Kier alpha value is -2.01. The van der Waals surface area contributed by atoms with Crippen LogP contribution in [-0.2, 0) is 6.61 Å². The van der Waals surface area contributed by atoms with Crippen molar-refractivity contribution in [3.8, 4) is 5.75 Å². The summed E-state index contributed by atoms with van der Waals surface area (Å²) in [6.45, 7) is 0.185. The molecule has 0 aliphatic carbocycles. The Morgan fingerprint density at radius 2 is 2.24 bits per heavy atom. The van der Waals surface area contributed by atoms with Crippen LogP contribution in [-0.4, -0.2) is 21.0 Å². The molecule has 0 bridgehead atoms. The van der Waals surface area contributed by atoms with E-state index in [0.717, 1.165) is 0 Å². The summed E-state index contributed by atoms with van der Waals surface area (Å²) in [4.78, 5) is 16.9. The van der Waals surface area contributed by atoms with Crippen molar-refractivity contribution >= 4 is 17.6 Å². The van der Waals surface area contributed by atoms with Gasteiger partial charge < -0.3 is 14.8 Å². The highest BCUT2D eigenvalue weighted by Gasteiger charge is 2.08. The summed E-state index contributed by atoms with van der Waals surface area (Å²) in [5, 5.41) is 9.18. The van der Waals surface area contributed by atoms with Gasteiger partial charge in [-0.2, -0.15) is 0 Å². The Morgan fingerprint density at radius 1 is 1.47 bits per heavy atom. The van der Waals surface area contributed by atoms with E-state index in [1.165, 1.54) is 6.20 Å². The molecule has 2 aromatic rings. The lowest BCUT2D eigenvalue weighted by Crippen LogP contribution is -2.00. The molecule has 0 radical (unpaired) electrons. The van der Waals surface area contributed by atoms with Crippen LogP contribution < -0.4 is 4.74 Å². The minimum absolute atomic E-state index is 0.109. The van der Waals surface area contributed by atoms with Crippen LogP contribution in [0.2, 0.25) is 5.02 Å². The van der Waals surface area contributed by atoms with Gasteiger partial charge in [-0.25, -0.2) is 9.78 Å². The highest BCUT2D eigenvalue weighted by molar-refractivity contribution is 6.32. The quantitative estimate of drug-likeness (QED) is 0.876. The third-order valence-corrected chi connectivity index (χ3v) is 2.36. The maximum Gasteiger partial charge on any atom is 0.371 e. The molecule has 0 aliphatic rings. The first kappa shape index (κ1) is 11.5. The fraction of sp³-hybridized carbons (Fsp3) is 0.0909. The van der Waals surface area contributed by atoms with Crippen LogP contribution in [0.15, 0.2) is 30.5 Å². The number of hydrogen-bond donors (Lipinski definition) is 2. The smallest absolute Gasteiger partial charge is 0.371 e. The van der Waals surface area contributed by atoms with E-state index in [9.17, 15) is 4.79 Å².